The van der Waals surface area contributed by atoms with E-state index in [0.29, 0.717) is 42.8 Å². The van der Waals surface area contributed by atoms with Gasteiger partial charge < -0.3 is 20.2 Å². The van der Waals surface area contributed by atoms with E-state index in [0.717, 1.165) is 5.69 Å². The maximum absolute atomic E-state index is 11.0. The summed E-state index contributed by atoms with van der Waals surface area (Å²) in [6.45, 7) is 1.80. The number of hydrogen-bond donors (Lipinski definition) is 2. The van der Waals surface area contributed by atoms with Crippen molar-refractivity contribution < 1.29 is 9.90 Å². The van der Waals surface area contributed by atoms with Crippen LogP contribution in [0, 0.1) is 11.3 Å². The molecule has 2 N–H and O–H groups in total. The van der Waals surface area contributed by atoms with Crippen LogP contribution in [0.4, 0.5) is 22.1 Å². The standard InChI is InChI=1S/C16H15ClN6O2/c17-11-1-3-12(4-2-11)19-13-9-15(21-14(10-18)20-13)22-5-7-23(8-6-22)16(24)25/h1-4,9H,5-8H2,(H,24,25)(H,19,20,21). The molecule has 1 fully saturated rings. The minimum atomic E-state index is -0.926. The lowest BCUT2D eigenvalue weighted by molar-refractivity contribution is 0.142. The average Bonchev–Trinajstić information content (AvgIpc) is 2.63. The Morgan fingerprint density at radius 2 is 1.88 bits per heavy atom. The Morgan fingerprint density at radius 3 is 2.48 bits per heavy atom. The van der Waals surface area contributed by atoms with Crippen molar-refractivity contribution in [3.05, 3.63) is 41.2 Å². The predicted molar refractivity (Wildman–Crippen MR) is 93.3 cm³/mol. The van der Waals surface area contributed by atoms with E-state index in [4.69, 9.17) is 16.7 Å². The van der Waals surface area contributed by atoms with Gasteiger partial charge in [-0.2, -0.15) is 5.26 Å². The number of anilines is 3. The van der Waals surface area contributed by atoms with E-state index in [1.54, 1.807) is 18.2 Å². The van der Waals surface area contributed by atoms with Gasteiger partial charge in [0.15, 0.2) is 0 Å². The second-order valence-corrected chi connectivity index (χ2v) is 5.87. The monoisotopic (exact) mass is 358 g/mol. The first-order chi connectivity index (χ1) is 12.0. The Bertz CT molecular complexity index is 812. The van der Waals surface area contributed by atoms with Gasteiger partial charge in [-0.25, -0.2) is 14.8 Å². The lowest BCUT2D eigenvalue weighted by Crippen LogP contribution is -2.48. The summed E-state index contributed by atoms with van der Waals surface area (Å²) in [4.78, 5) is 22.7. The zero-order valence-electron chi connectivity index (χ0n) is 13.2. The van der Waals surface area contributed by atoms with Crippen molar-refractivity contribution in [2.24, 2.45) is 0 Å². The summed E-state index contributed by atoms with van der Waals surface area (Å²) in [6, 6.07) is 10.8. The van der Waals surface area contributed by atoms with Gasteiger partial charge >= 0.3 is 6.09 Å². The molecule has 25 heavy (non-hydrogen) atoms. The summed E-state index contributed by atoms with van der Waals surface area (Å²) in [5.74, 6) is 1.13. The number of aromatic nitrogens is 2. The van der Waals surface area contributed by atoms with Crippen molar-refractivity contribution in [3.63, 3.8) is 0 Å². The Labute approximate surface area is 149 Å². The number of nitrogens with zero attached hydrogens (tertiary/aromatic N) is 5. The normalized spacial score (nSPS) is 14.1. The quantitative estimate of drug-likeness (QED) is 0.868. The number of carboxylic acid groups (broad SMARTS) is 1. The summed E-state index contributed by atoms with van der Waals surface area (Å²) in [6.07, 6.45) is -0.926. The molecule has 1 aromatic carbocycles. The lowest BCUT2D eigenvalue weighted by atomic mass is 10.3. The summed E-state index contributed by atoms with van der Waals surface area (Å²) >= 11 is 5.87. The number of nitriles is 1. The molecule has 2 heterocycles. The molecule has 0 spiro atoms. The third-order valence-electron chi connectivity index (χ3n) is 3.80. The second-order valence-electron chi connectivity index (χ2n) is 5.44. The molecule has 1 aliphatic heterocycles. The van der Waals surface area contributed by atoms with E-state index in [1.165, 1.54) is 4.90 Å². The first-order valence-corrected chi connectivity index (χ1v) is 7.97. The highest BCUT2D eigenvalue weighted by atomic mass is 35.5. The Hall–Kier alpha value is -3.05. The van der Waals surface area contributed by atoms with Gasteiger partial charge in [-0.05, 0) is 24.3 Å². The highest BCUT2D eigenvalue weighted by molar-refractivity contribution is 6.30. The van der Waals surface area contributed by atoms with Crippen LogP contribution in [-0.2, 0) is 0 Å². The van der Waals surface area contributed by atoms with Crippen molar-refractivity contribution >= 4 is 35.0 Å². The second kappa shape index (κ2) is 7.23. The van der Waals surface area contributed by atoms with Crippen molar-refractivity contribution in [2.75, 3.05) is 36.4 Å². The molecule has 8 nitrogen and oxygen atoms in total. The molecule has 1 aromatic heterocycles. The van der Waals surface area contributed by atoms with E-state index in [9.17, 15) is 10.1 Å². The van der Waals surface area contributed by atoms with Crippen LogP contribution in [0.25, 0.3) is 0 Å². The summed E-state index contributed by atoms with van der Waals surface area (Å²) < 4.78 is 0. The van der Waals surface area contributed by atoms with Crippen molar-refractivity contribution in [3.8, 4) is 6.07 Å². The van der Waals surface area contributed by atoms with Gasteiger partial charge in [-0.3, -0.25) is 0 Å². The van der Waals surface area contributed by atoms with Gasteiger partial charge in [0.1, 0.15) is 17.7 Å². The molecule has 0 saturated carbocycles. The van der Waals surface area contributed by atoms with E-state index < -0.39 is 6.09 Å². The number of halogens is 1. The Morgan fingerprint density at radius 1 is 1.20 bits per heavy atom. The number of nitrogens with one attached hydrogen (secondary N) is 1. The number of amides is 1. The van der Waals surface area contributed by atoms with Gasteiger partial charge in [-0.15, -0.1) is 0 Å². The zero-order valence-corrected chi connectivity index (χ0v) is 13.9. The van der Waals surface area contributed by atoms with Crippen LogP contribution in [0.2, 0.25) is 5.02 Å². The molecular weight excluding hydrogens is 344 g/mol. The fraction of sp³-hybridized carbons (Fsp3) is 0.250. The fourth-order valence-electron chi connectivity index (χ4n) is 2.52. The third kappa shape index (κ3) is 4.08. The molecule has 3 rings (SSSR count). The number of piperazine rings is 1. The molecule has 0 bridgehead atoms. The molecule has 0 unspecified atom stereocenters. The van der Waals surface area contributed by atoms with Gasteiger partial charge in [0, 0.05) is 43.0 Å². The number of benzene rings is 1. The SMILES string of the molecule is N#Cc1nc(Nc2ccc(Cl)cc2)cc(N2CCN(C(=O)O)CC2)n1. The minimum Gasteiger partial charge on any atom is -0.465 e. The molecule has 0 aliphatic carbocycles. The summed E-state index contributed by atoms with van der Waals surface area (Å²) in [5.41, 5.74) is 0.786. The molecule has 1 saturated heterocycles. The van der Waals surface area contributed by atoms with Gasteiger partial charge in [0.2, 0.25) is 5.82 Å². The van der Waals surface area contributed by atoms with E-state index in [-0.39, 0.29) is 5.82 Å². The molecule has 9 heteroatoms. The largest absolute Gasteiger partial charge is 0.465 e. The molecule has 1 aliphatic rings. The van der Waals surface area contributed by atoms with E-state index in [1.807, 2.05) is 23.1 Å². The highest BCUT2D eigenvalue weighted by Crippen LogP contribution is 2.22. The maximum atomic E-state index is 11.0. The smallest absolute Gasteiger partial charge is 0.407 e. The molecule has 1 amide bonds. The highest BCUT2D eigenvalue weighted by Gasteiger charge is 2.22. The van der Waals surface area contributed by atoms with E-state index >= 15 is 0 Å². The van der Waals surface area contributed by atoms with Gasteiger partial charge in [0.25, 0.3) is 0 Å². The molecular formula is C16H15ClN6O2. The van der Waals surface area contributed by atoms with Crippen LogP contribution in [0.15, 0.2) is 30.3 Å². The van der Waals surface area contributed by atoms with Crippen LogP contribution in [0.5, 0.6) is 0 Å². The van der Waals surface area contributed by atoms with Crippen LogP contribution >= 0.6 is 11.6 Å². The topological polar surface area (TPSA) is 105 Å². The number of hydrogen-bond acceptors (Lipinski definition) is 6. The first-order valence-electron chi connectivity index (χ1n) is 7.60. The molecule has 0 radical (unpaired) electrons. The molecule has 128 valence electrons. The maximum Gasteiger partial charge on any atom is 0.407 e. The number of rotatable bonds is 3. The first kappa shape index (κ1) is 16.8. The van der Waals surface area contributed by atoms with Crippen LogP contribution in [0.1, 0.15) is 5.82 Å². The van der Waals surface area contributed by atoms with Crippen LogP contribution in [0.3, 0.4) is 0 Å². The Kier molecular flexibility index (Phi) is 4.86. The summed E-state index contributed by atoms with van der Waals surface area (Å²) in [5, 5.41) is 21.9. The molecule has 2 aromatic rings. The zero-order chi connectivity index (χ0) is 17.8. The van der Waals surface area contributed by atoms with Gasteiger partial charge in [-0.1, -0.05) is 11.6 Å². The van der Waals surface area contributed by atoms with Crippen LogP contribution in [-0.4, -0.2) is 52.2 Å². The Balaban J connectivity index is 1.80. The number of carbonyl (C=O) groups is 1. The summed E-state index contributed by atoms with van der Waals surface area (Å²) in [7, 11) is 0. The van der Waals surface area contributed by atoms with E-state index in [2.05, 4.69) is 15.3 Å². The average molecular weight is 359 g/mol. The van der Waals surface area contributed by atoms with Crippen LogP contribution < -0.4 is 10.2 Å². The van der Waals surface area contributed by atoms with Gasteiger partial charge in [0.05, 0.1) is 0 Å². The lowest BCUT2D eigenvalue weighted by Gasteiger charge is -2.33. The van der Waals surface area contributed by atoms with Crippen molar-refractivity contribution in [1.29, 1.82) is 5.26 Å². The van der Waals surface area contributed by atoms with Crippen molar-refractivity contribution in [2.45, 2.75) is 0 Å². The molecule has 0 atom stereocenters. The third-order valence-corrected chi connectivity index (χ3v) is 4.06. The minimum absolute atomic E-state index is 0.0506. The predicted octanol–water partition coefficient (Wildman–Crippen LogP) is 2.55. The fourth-order valence-corrected chi connectivity index (χ4v) is 2.64. The van der Waals surface area contributed by atoms with Crippen molar-refractivity contribution in [1.82, 2.24) is 14.9 Å².